The van der Waals surface area contributed by atoms with Crippen LogP contribution in [-0.4, -0.2) is 28.0 Å². The minimum absolute atomic E-state index is 0.00376. The molecule has 24 heavy (non-hydrogen) atoms. The highest BCUT2D eigenvalue weighted by atomic mass is 35.5. The van der Waals surface area contributed by atoms with Crippen molar-refractivity contribution in [1.82, 2.24) is 4.72 Å². The number of hydrogen-bond donors (Lipinski definition) is 2. The predicted octanol–water partition coefficient (Wildman–Crippen LogP) is 2.57. The summed E-state index contributed by atoms with van der Waals surface area (Å²) in [6.45, 7) is 1.46. The maximum atomic E-state index is 12.1. The summed E-state index contributed by atoms with van der Waals surface area (Å²) in [6, 6.07) is 11.1. The molecule has 6 nitrogen and oxygen atoms in total. The number of anilines is 1. The van der Waals surface area contributed by atoms with Crippen LogP contribution in [0.3, 0.4) is 0 Å². The number of carbonyl (C=O) groups is 1. The number of nitrogens with one attached hydrogen (secondary N) is 2. The number of carbonyl (C=O) groups excluding carboxylic acids is 1. The highest BCUT2D eigenvalue weighted by molar-refractivity contribution is 7.89. The van der Waals surface area contributed by atoms with Crippen molar-refractivity contribution < 1.29 is 17.9 Å². The van der Waals surface area contributed by atoms with Crippen molar-refractivity contribution in [2.45, 2.75) is 11.8 Å². The lowest BCUT2D eigenvalue weighted by Gasteiger charge is -2.12. The summed E-state index contributed by atoms with van der Waals surface area (Å²) in [4.78, 5) is 12.0. The highest BCUT2D eigenvalue weighted by Gasteiger charge is 2.16. The number of aryl methyl sites for hydroxylation is 1. The van der Waals surface area contributed by atoms with Gasteiger partial charge in [-0.3, -0.25) is 4.79 Å². The highest BCUT2D eigenvalue weighted by Crippen LogP contribution is 2.25. The van der Waals surface area contributed by atoms with Gasteiger partial charge < -0.3 is 10.1 Å². The Hall–Kier alpha value is -2.09. The molecule has 2 N–H and O–H groups in total. The van der Waals surface area contributed by atoms with Crippen molar-refractivity contribution in [3.63, 3.8) is 0 Å². The third-order valence-corrected chi connectivity index (χ3v) is 4.79. The van der Waals surface area contributed by atoms with E-state index in [4.69, 9.17) is 16.3 Å². The van der Waals surface area contributed by atoms with Gasteiger partial charge in [-0.05, 0) is 42.8 Å². The van der Waals surface area contributed by atoms with Crippen molar-refractivity contribution >= 4 is 33.2 Å². The van der Waals surface area contributed by atoms with Gasteiger partial charge in [0.25, 0.3) is 0 Å². The molecule has 0 spiro atoms. The first kappa shape index (κ1) is 18.3. The Morgan fingerprint density at radius 2 is 1.96 bits per heavy atom. The topological polar surface area (TPSA) is 84.5 Å². The van der Waals surface area contributed by atoms with Gasteiger partial charge in [0.15, 0.2) is 0 Å². The lowest BCUT2D eigenvalue weighted by atomic mass is 10.2. The van der Waals surface area contributed by atoms with Gasteiger partial charge in [-0.25, -0.2) is 13.1 Å². The molecule has 0 heterocycles. The fraction of sp³-hybridized carbons (Fsp3) is 0.188. The molecule has 0 unspecified atom stereocenters. The molecule has 0 aromatic heterocycles. The van der Waals surface area contributed by atoms with Gasteiger partial charge in [0.2, 0.25) is 15.9 Å². The molecule has 1 amide bonds. The lowest BCUT2D eigenvalue weighted by molar-refractivity contribution is -0.115. The number of hydrogen-bond acceptors (Lipinski definition) is 4. The summed E-state index contributed by atoms with van der Waals surface area (Å²) in [6.07, 6.45) is 0. The van der Waals surface area contributed by atoms with Crippen molar-refractivity contribution in [2.75, 3.05) is 19.0 Å². The molecule has 2 aromatic carbocycles. The van der Waals surface area contributed by atoms with Crippen LogP contribution >= 0.6 is 11.6 Å². The third kappa shape index (κ3) is 4.70. The van der Waals surface area contributed by atoms with Crippen LogP contribution in [0.4, 0.5) is 5.69 Å². The molecule has 0 aliphatic rings. The van der Waals surface area contributed by atoms with E-state index in [9.17, 15) is 13.2 Å². The quantitative estimate of drug-likeness (QED) is 0.820. The standard InChI is InChI=1S/C16H17ClN2O4S/c1-11-6-7-15(23-2)14(8-11)19-16(20)10-18-24(21,22)13-5-3-4-12(17)9-13/h3-9,18H,10H2,1-2H3,(H,19,20). The molecular formula is C16H17ClN2O4S. The molecule has 0 saturated carbocycles. The number of halogens is 1. The van der Waals surface area contributed by atoms with E-state index < -0.39 is 22.5 Å². The molecule has 128 valence electrons. The van der Waals surface area contributed by atoms with Gasteiger partial charge in [-0.2, -0.15) is 0 Å². The van der Waals surface area contributed by atoms with Crippen LogP contribution in [0.15, 0.2) is 47.4 Å². The van der Waals surface area contributed by atoms with E-state index in [1.807, 2.05) is 13.0 Å². The monoisotopic (exact) mass is 368 g/mol. The Morgan fingerprint density at radius 1 is 1.21 bits per heavy atom. The molecule has 2 aromatic rings. The van der Waals surface area contributed by atoms with E-state index in [2.05, 4.69) is 10.0 Å². The predicted molar refractivity (Wildman–Crippen MR) is 93.0 cm³/mol. The van der Waals surface area contributed by atoms with Gasteiger partial charge in [0.05, 0.1) is 24.2 Å². The first-order chi connectivity index (χ1) is 11.3. The largest absolute Gasteiger partial charge is 0.495 e. The van der Waals surface area contributed by atoms with E-state index in [1.54, 1.807) is 18.2 Å². The molecule has 8 heteroatoms. The Bertz CT molecular complexity index is 853. The molecule has 0 aliphatic carbocycles. The lowest BCUT2D eigenvalue weighted by Crippen LogP contribution is -2.33. The number of benzene rings is 2. The van der Waals surface area contributed by atoms with Gasteiger partial charge in [0, 0.05) is 5.02 Å². The summed E-state index contributed by atoms with van der Waals surface area (Å²) >= 11 is 5.78. The number of amides is 1. The van der Waals surface area contributed by atoms with E-state index in [-0.39, 0.29) is 4.90 Å². The van der Waals surface area contributed by atoms with Crippen LogP contribution < -0.4 is 14.8 Å². The van der Waals surface area contributed by atoms with E-state index in [0.29, 0.717) is 16.5 Å². The van der Waals surface area contributed by atoms with Crippen LogP contribution in [0.1, 0.15) is 5.56 Å². The van der Waals surface area contributed by atoms with E-state index in [1.165, 1.54) is 25.3 Å². The zero-order chi connectivity index (χ0) is 17.7. The summed E-state index contributed by atoms with van der Waals surface area (Å²) < 4.78 is 31.7. The first-order valence-electron chi connectivity index (χ1n) is 7.01. The summed E-state index contributed by atoms with van der Waals surface area (Å²) in [7, 11) is -2.33. The molecule has 0 atom stereocenters. The molecule has 0 aliphatic heterocycles. The smallest absolute Gasteiger partial charge is 0.241 e. The first-order valence-corrected chi connectivity index (χ1v) is 8.87. The second-order valence-corrected chi connectivity index (χ2v) is 7.24. The average Bonchev–Trinajstić information content (AvgIpc) is 2.53. The zero-order valence-corrected chi connectivity index (χ0v) is 14.7. The Morgan fingerprint density at radius 3 is 2.62 bits per heavy atom. The summed E-state index contributed by atoms with van der Waals surface area (Å²) in [5.41, 5.74) is 1.41. The molecule has 0 bridgehead atoms. The Kier molecular flexibility index (Phi) is 5.82. The number of rotatable bonds is 6. The van der Waals surface area contributed by atoms with Crippen molar-refractivity contribution in [3.8, 4) is 5.75 Å². The van der Waals surface area contributed by atoms with E-state index in [0.717, 1.165) is 5.56 Å². The minimum Gasteiger partial charge on any atom is -0.495 e. The molecule has 0 radical (unpaired) electrons. The van der Waals surface area contributed by atoms with Crippen LogP contribution in [0.25, 0.3) is 0 Å². The Balaban J connectivity index is 2.04. The van der Waals surface area contributed by atoms with Gasteiger partial charge >= 0.3 is 0 Å². The maximum absolute atomic E-state index is 12.1. The molecular weight excluding hydrogens is 352 g/mol. The number of methoxy groups -OCH3 is 1. The van der Waals surface area contributed by atoms with Gasteiger partial charge in [0.1, 0.15) is 5.75 Å². The van der Waals surface area contributed by atoms with Gasteiger partial charge in [-0.1, -0.05) is 23.7 Å². The fourth-order valence-electron chi connectivity index (χ4n) is 1.99. The maximum Gasteiger partial charge on any atom is 0.241 e. The number of sulfonamides is 1. The molecule has 2 rings (SSSR count). The third-order valence-electron chi connectivity index (χ3n) is 3.16. The molecule has 0 fully saturated rings. The van der Waals surface area contributed by atoms with Crippen molar-refractivity contribution in [1.29, 1.82) is 0 Å². The number of ether oxygens (including phenoxy) is 1. The second kappa shape index (κ2) is 7.65. The SMILES string of the molecule is COc1ccc(C)cc1NC(=O)CNS(=O)(=O)c1cccc(Cl)c1. The van der Waals surface area contributed by atoms with E-state index >= 15 is 0 Å². The average molecular weight is 369 g/mol. The second-order valence-electron chi connectivity index (χ2n) is 5.03. The van der Waals surface area contributed by atoms with Crippen LogP contribution in [0, 0.1) is 6.92 Å². The molecule has 0 saturated heterocycles. The van der Waals surface area contributed by atoms with Gasteiger partial charge in [-0.15, -0.1) is 0 Å². The Labute approximate surface area is 145 Å². The van der Waals surface area contributed by atoms with Crippen LogP contribution in [0.5, 0.6) is 5.75 Å². The zero-order valence-electron chi connectivity index (χ0n) is 13.2. The normalized spacial score (nSPS) is 11.1. The van der Waals surface area contributed by atoms with Crippen LogP contribution in [0.2, 0.25) is 5.02 Å². The van der Waals surface area contributed by atoms with Crippen molar-refractivity contribution in [2.24, 2.45) is 0 Å². The van der Waals surface area contributed by atoms with Crippen molar-refractivity contribution in [3.05, 3.63) is 53.1 Å². The fourth-order valence-corrected chi connectivity index (χ4v) is 3.27. The minimum atomic E-state index is -3.82. The van der Waals surface area contributed by atoms with Crippen LogP contribution in [-0.2, 0) is 14.8 Å². The summed E-state index contributed by atoms with van der Waals surface area (Å²) in [5, 5.41) is 2.92. The summed E-state index contributed by atoms with van der Waals surface area (Å²) in [5.74, 6) is -0.0175.